The SMILES string of the molecule is Fc1ccc(Nc2nc(CCCNc3ccnc4cc(Cl)ccc34)nc(N3CCCCC3)n2)cc1. The van der Waals surface area contributed by atoms with E-state index in [1.807, 2.05) is 24.3 Å². The molecule has 0 amide bonds. The van der Waals surface area contributed by atoms with Crippen molar-refractivity contribution in [2.75, 3.05) is 35.2 Å². The number of pyridine rings is 1. The molecule has 1 aliphatic rings. The molecule has 0 atom stereocenters. The molecule has 1 fully saturated rings. The molecule has 180 valence electrons. The van der Waals surface area contributed by atoms with Crippen molar-refractivity contribution in [3.63, 3.8) is 0 Å². The summed E-state index contributed by atoms with van der Waals surface area (Å²) in [4.78, 5) is 20.7. The highest BCUT2D eigenvalue weighted by atomic mass is 35.5. The van der Waals surface area contributed by atoms with Gasteiger partial charge < -0.3 is 15.5 Å². The maximum absolute atomic E-state index is 13.3. The number of anilines is 4. The smallest absolute Gasteiger partial charge is 0.232 e. The number of nitrogens with one attached hydrogen (secondary N) is 2. The van der Waals surface area contributed by atoms with Gasteiger partial charge in [0.15, 0.2) is 0 Å². The number of nitrogens with zero attached hydrogens (tertiary/aromatic N) is 5. The van der Waals surface area contributed by atoms with Crippen LogP contribution >= 0.6 is 11.6 Å². The van der Waals surface area contributed by atoms with E-state index in [9.17, 15) is 4.39 Å². The quantitative estimate of drug-likeness (QED) is 0.293. The molecule has 0 aliphatic carbocycles. The van der Waals surface area contributed by atoms with Gasteiger partial charge in [-0.05, 0) is 74.2 Å². The number of halogens is 2. The lowest BCUT2D eigenvalue weighted by Gasteiger charge is -2.27. The summed E-state index contributed by atoms with van der Waals surface area (Å²) in [6.45, 7) is 2.65. The van der Waals surface area contributed by atoms with Gasteiger partial charge >= 0.3 is 0 Å². The summed E-state index contributed by atoms with van der Waals surface area (Å²) >= 11 is 6.10. The number of fused-ring (bicyclic) bond motifs is 1. The predicted molar refractivity (Wildman–Crippen MR) is 139 cm³/mol. The Hall–Kier alpha value is -3.52. The van der Waals surface area contributed by atoms with Crippen molar-refractivity contribution < 1.29 is 4.39 Å². The largest absolute Gasteiger partial charge is 0.384 e. The molecule has 4 aromatic rings. The highest BCUT2D eigenvalue weighted by Gasteiger charge is 2.16. The molecule has 9 heteroatoms. The molecule has 5 rings (SSSR count). The van der Waals surface area contributed by atoms with Gasteiger partial charge in [-0.2, -0.15) is 15.0 Å². The van der Waals surface area contributed by atoms with Crippen LogP contribution < -0.4 is 15.5 Å². The molecule has 2 aromatic carbocycles. The number of hydrogen-bond acceptors (Lipinski definition) is 7. The summed E-state index contributed by atoms with van der Waals surface area (Å²) in [7, 11) is 0. The van der Waals surface area contributed by atoms with Crippen LogP contribution in [-0.4, -0.2) is 39.6 Å². The highest BCUT2D eigenvalue weighted by Crippen LogP contribution is 2.25. The monoisotopic (exact) mass is 491 g/mol. The fraction of sp³-hybridized carbons (Fsp3) is 0.308. The number of piperidine rings is 1. The Labute approximate surface area is 208 Å². The first-order valence-corrected chi connectivity index (χ1v) is 12.3. The van der Waals surface area contributed by atoms with Gasteiger partial charge in [0.1, 0.15) is 11.6 Å². The van der Waals surface area contributed by atoms with Crippen LogP contribution in [0.25, 0.3) is 10.9 Å². The van der Waals surface area contributed by atoms with Crippen LogP contribution in [0.2, 0.25) is 5.02 Å². The molecule has 35 heavy (non-hydrogen) atoms. The standard InChI is InChI=1S/C26H27ClFN7/c27-18-6-11-21-22(12-14-30-23(21)17-18)29-13-4-5-24-32-25(31-20-9-7-19(28)8-10-20)34-26(33-24)35-15-2-1-3-16-35/h6-12,14,17H,1-5,13,15-16H2,(H,29,30)(H,31,32,33,34). The molecule has 3 heterocycles. The first-order chi connectivity index (χ1) is 17.1. The van der Waals surface area contributed by atoms with Crippen molar-refractivity contribution in [2.45, 2.75) is 32.1 Å². The van der Waals surface area contributed by atoms with Gasteiger partial charge in [0, 0.05) is 54.0 Å². The van der Waals surface area contributed by atoms with Crippen LogP contribution in [-0.2, 0) is 6.42 Å². The van der Waals surface area contributed by atoms with E-state index >= 15 is 0 Å². The molecule has 7 nitrogen and oxygen atoms in total. The molecule has 0 bridgehead atoms. The normalized spacial score (nSPS) is 13.7. The van der Waals surface area contributed by atoms with E-state index in [2.05, 4.69) is 30.5 Å². The van der Waals surface area contributed by atoms with Crippen molar-refractivity contribution in [3.8, 4) is 0 Å². The van der Waals surface area contributed by atoms with E-state index in [0.29, 0.717) is 23.3 Å². The summed E-state index contributed by atoms with van der Waals surface area (Å²) in [6.07, 6.45) is 6.83. The van der Waals surface area contributed by atoms with Gasteiger partial charge in [-0.3, -0.25) is 4.98 Å². The summed E-state index contributed by atoms with van der Waals surface area (Å²) in [5, 5.41) is 8.41. The molecule has 0 saturated carbocycles. The second-order valence-electron chi connectivity index (χ2n) is 8.61. The van der Waals surface area contributed by atoms with Gasteiger partial charge in [-0.1, -0.05) is 11.6 Å². The lowest BCUT2D eigenvalue weighted by molar-refractivity contribution is 0.566. The summed E-state index contributed by atoms with van der Waals surface area (Å²) in [5.41, 5.74) is 2.62. The Morgan fingerprint density at radius 1 is 0.943 bits per heavy atom. The van der Waals surface area contributed by atoms with E-state index in [0.717, 1.165) is 67.0 Å². The maximum atomic E-state index is 13.3. The third-order valence-corrected chi connectivity index (χ3v) is 6.24. The zero-order valence-corrected chi connectivity index (χ0v) is 20.1. The summed E-state index contributed by atoms with van der Waals surface area (Å²) in [5.74, 6) is 1.63. The predicted octanol–water partition coefficient (Wildman–Crippen LogP) is 5.99. The van der Waals surface area contributed by atoms with Gasteiger partial charge in [0.2, 0.25) is 11.9 Å². The molecule has 0 radical (unpaired) electrons. The lowest BCUT2D eigenvalue weighted by Crippen LogP contribution is -2.31. The van der Waals surface area contributed by atoms with Crippen molar-refractivity contribution in [2.24, 2.45) is 0 Å². The number of benzene rings is 2. The average Bonchev–Trinajstić information content (AvgIpc) is 2.88. The minimum atomic E-state index is -0.279. The minimum Gasteiger partial charge on any atom is -0.384 e. The van der Waals surface area contributed by atoms with E-state index < -0.39 is 0 Å². The fourth-order valence-corrected chi connectivity index (χ4v) is 4.38. The average molecular weight is 492 g/mol. The molecule has 2 N–H and O–H groups in total. The highest BCUT2D eigenvalue weighted by molar-refractivity contribution is 6.31. The van der Waals surface area contributed by atoms with Crippen molar-refractivity contribution in [1.82, 2.24) is 19.9 Å². The second-order valence-corrected chi connectivity index (χ2v) is 9.04. The fourth-order valence-electron chi connectivity index (χ4n) is 4.22. The number of hydrogen-bond donors (Lipinski definition) is 2. The Morgan fingerprint density at radius 2 is 1.77 bits per heavy atom. The third-order valence-electron chi connectivity index (χ3n) is 6.01. The van der Waals surface area contributed by atoms with Crippen LogP contribution in [0.1, 0.15) is 31.5 Å². The van der Waals surface area contributed by atoms with Crippen LogP contribution in [0.4, 0.5) is 27.7 Å². The molecule has 1 saturated heterocycles. The Kier molecular flexibility index (Phi) is 7.18. The van der Waals surface area contributed by atoms with Crippen molar-refractivity contribution in [1.29, 1.82) is 0 Å². The third kappa shape index (κ3) is 5.95. The van der Waals surface area contributed by atoms with Crippen molar-refractivity contribution >= 4 is 45.8 Å². The Bertz CT molecular complexity index is 1290. The first kappa shape index (κ1) is 23.2. The molecular formula is C26H27ClFN7. The molecule has 0 spiro atoms. The zero-order chi connectivity index (χ0) is 24.0. The second kappa shape index (κ2) is 10.8. The van der Waals surface area contributed by atoms with Gasteiger partial charge in [0.05, 0.1) is 5.52 Å². The van der Waals surface area contributed by atoms with Crippen LogP contribution in [0, 0.1) is 5.82 Å². The molecule has 2 aromatic heterocycles. The van der Waals surface area contributed by atoms with Crippen molar-refractivity contribution in [3.05, 3.63) is 71.4 Å². The minimum absolute atomic E-state index is 0.279. The van der Waals surface area contributed by atoms with E-state index in [-0.39, 0.29) is 5.82 Å². The number of aromatic nitrogens is 4. The molecule has 0 unspecified atom stereocenters. The van der Waals surface area contributed by atoms with Gasteiger partial charge in [0.25, 0.3) is 0 Å². The zero-order valence-electron chi connectivity index (χ0n) is 19.3. The molecular weight excluding hydrogens is 465 g/mol. The topological polar surface area (TPSA) is 78.9 Å². The Morgan fingerprint density at radius 3 is 2.60 bits per heavy atom. The van der Waals surface area contributed by atoms with E-state index in [1.165, 1.54) is 18.6 Å². The maximum Gasteiger partial charge on any atom is 0.232 e. The van der Waals surface area contributed by atoms with Gasteiger partial charge in [-0.15, -0.1) is 0 Å². The van der Waals surface area contributed by atoms with E-state index in [1.54, 1.807) is 18.3 Å². The first-order valence-electron chi connectivity index (χ1n) is 11.9. The van der Waals surface area contributed by atoms with Crippen LogP contribution in [0.15, 0.2) is 54.7 Å². The Balaban J connectivity index is 1.28. The van der Waals surface area contributed by atoms with Crippen LogP contribution in [0.5, 0.6) is 0 Å². The lowest BCUT2D eigenvalue weighted by atomic mass is 10.1. The van der Waals surface area contributed by atoms with Gasteiger partial charge in [-0.25, -0.2) is 4.39 Å². The summed E-state index contributed by atoms with van der Waals surface area (Å²) in [6, 6.07) is 13.9. The summed E-state index contributed by atoms with van der Waals surface area (Å²) < 4.78 is 13.3. The number of rotatable bonds is 8. The number of aryl methyl sites for hydroxylation is 1. The molecule has 1 aliphatic heterocycles. The van der Waals surface area contributed by atoms with E-state index in [4.69, 9.17) is 16.6 Å². The van der Waals surface area contributed by atoms with Crippen LogP contribution in [0.3, 0.4) is 0 Å².